The molecule has 0 amide bonds. The van der Waals surface area contributed by atoms with E-state index in [1.807, 2.05) is 12.3 Å². The molecule has 0 aliphatic carbocycles. The molecule has 2 nitrogen and oxygen atoms in total. The van der Waals surface area contributed by atoms with Crippen LogP contribution in [-0.2, 0) is 6.54 Å². The number of hydrogen-bond acceptors (Lipinski definition) is 1. The Labute approximate surface area is 103 Å². The second kappa shape index (κ2) is 6.89. The second-order valence-electron chi connectivity index (χ2n) is 4.56. The SMILES string of the molecule is CC(C)=CCC/C(C)=C\Cn1ccccc1=O. The van der Waals surface area contributed by atoms with Crippen molar-refractivity contribution in [2.45, 2.75) is 40.2 Å². The minimum Gasteiger partial charge on any atom is -0.312 e. The first-order chi connectivity index (χ1) is 8.09. The maximum absolute atomic E-state index is 11.5. The minimum atomic E-state index is 0.0563. The van der Waals surface area contributed by atoms with E-state index in [1.165, 1.54) is 11.1 Å². The fraction of sp³-hybridized carbons (Fsp3) is 0.400. The number of nitrogens with zero attached hydrogens (tertiary/aromatic N) is 1. The monoisotopic (exact) mass is 231 g/mol. The van der Waals surface area contributed by atoms with Crippen LogP contribution in [0.25, 0.3) is 0 Å². The summed E-state index contributed by atoms with van der Waals surface area (Å²) in [7, 11) is 0. The Bertz CT molecular complexity index is 462. The van der Waals surface area contributed by atoms with E-state index in [0.29, 0.717) is 6.54 Å². The van der Waals surface area contributed by atoms with E-state index in [-0.39, 0.29) is 5.56 Å². The van der Waals surface area contributed by atoms with Crippen LogP contribution < -0.4 is 5.56 Å². The summed E-state index contributed by atoms with van der Waals surface area (Å²) < 4.78 is 1.71. The van der Waals surface area contributed by atoms with E-state index in [1.54, 1.807) is 16.7 Å². The maximum Gasteiger partial charge on any atom is 0.250 e. The first-order valence-electron chi connectivity index (χ1n) is 6.04. The fourth-order valence-electron chi connectivity index (χ4n) is 1.56. The van der Waals surface area contributed by atoms with Gasteiger partial charge in [0, 0.05) is 18.8 Å². The standard InChI is InChI=1S/C15H21NO/c1-13(2)7-6-8-14(3)10-12-16-11-5-4-9-15(16)17/h4-5,7,9-11H,6,8,12H2,1-3H3/b14-10-. The van der Waals surface area contributed by atoms with Crippen molar-refractivity contribution in [3.05, 3.63) is 58.0 Å². The highest BCUT2D eigenvalue weighted by Gasteiger charge is 1.92. The summed E-state index contributed by atoms with van der Waals surface area (Å²) in [6.07, 6.45) is 8.33. The van der Waals surface area contributed by atoms with Gasteiger partial charge in [0.25, 0.3) is 5.56 Å². The molecule has 1 rings (SSSR count). The van der Waals surface area contributed by atoms with Gasteiger partial charge in [-0.3, -0.25) is 4.79 Å². The molecule has 0 aromatic carbocycles. The molecule has 0 aliphatic heterocycles. The van der Waals surface area contributed by atoms with Crippen LogP contribution in [0, 0.1) is 0 Å². The van der Waals surface area contributed by atoms with Crippen molar-refractivity contribution >= 4 is 0 Å². The van der Waals surface area contributed by atoms with Crippen LogP contribution in [0.1, 0.15) is 33.6 Å². The Morgan fingerprint density at radius 2 is 2.00 bits per heavy atom. The van der Waals surface area contributed by atoms with Gasteiger partial charge in [-0.2, -0.15) is 0 Å². The van der Waals surface area contributed by atoms with E-state index < -0.39 is 0 Å². The van der Waals surface area contributed by atoms with Crippen molar-refractivity contribution in [3.8, 4) is 0 Å². The van der Waals surface area contributed by atoms with Crippen molar-refractivity contribution < 1.29 is 0 Å². The molecule has 0 unspecified atom stereocenters. The van der Waals surface area contributed by atoms with E-state index in [4.69, 9.17) is 0 Å². The Balaban J connectivity index is 2.51. The third-order valence-electron chi connectivity index (χ3n) is 2.63. The van der Waals surface area contributed by atoms with Gasteiger partial charge in [-0.1, -0.05) is 29.4 Å². The summed E-state index contributed by atoms with van der Waals surface area (Å²) in [4.78, 5) is 11.5. The average Bonchev–Trinajstić information content (AvgIpc) is 2.27. The first-order valence-corrected chi connectivity index (χ1v) is 6.04. The molecule has 1 aromatic heterocycles. The van der Waals surface area contributed by atoms with Crippen LogP contribution in [0.15, 0.2) is 52.5 Å². The van der Waals surface area contributed by atoms with Crippen LogP contribution in [-0.4, -0.2) is 4.57 Å². The molecule has 0 N–H and O–H groups in total. The number of aromatic nitrogens is 1. The van der Waals surface area contributed by atoms with Crippen molar-refractivity contribution in [1.82, 2.24) is 4.57 Å². The second-order valence-corrected chi connectivity index (χ2v) is 4.56. The molecule has 1 heterocycles. The first kappa shape index (κ1) is 13.5. The highest BCUT2D eigenvalue weighted by atomic mass is 16.1. The zero-order valence-corrected chi connectivity index (χ0v) is 10.9. The molecule has 0 aliphatic rings. The molecule has 0 saturated heterocycles. The third-order valence-corrected chi connectivity index (χ3v) is 2.63. The Morgan fingerprint density at radius 3 is 2.65 bits per heavy atom. The van der Waals surface area contributed by atoms with Crippen molar-refractivity contribution in [3.63, 3.8) is 0 Å². The lowest BCUT2D eigenvalue weighted by Gasteiger charge is -2.02. The van der Waals surface area contributed by atoms with Crippen LogP contribution >= 0.6 is 0 Å². The van der Waals surface area contributed by atoms with Gasteiger partial charge in [0.05, 0.1) is 0 Å². The van der Waals surface area contributed by atoms with Gasteiger partial charge in [-0.05, 0) is 39.7 Å². The van der Waals surface area contributed by atoms with Gasteiger partial charge >= 0.3 is 0 Å². The molecule has 0 spiro atoms. The van der Waals surface area contributed by atoms with Crippen LogP contribution in [0.4, 0.5) is 0 Å². The molecule has 0 bridgehead atoms. The largest absolute Gasteiger partial charge is 0.312 e. The molecule has 0 radical (unpaired) electrons. The van der Waals surface area contributed by atoms with Crippen LogP contribution in [0.2, 0.25) is 0 Å². The molecule has 0 fully saturated rings. The smallest absolute Gasteiger partial charge is 0.250 e. The average molecular weight is 231 g/mol. The lowest BCUT2D eigenvalue weighted by molar-refractivity contribution is 0.768. The fourth-order valence-corrected chi connectivity index (χ4v) is 1.56. The molecule has 17 heavy (non-hydrogen) atoms. The van der Waals surface area contributed by atoms with E-state index in [2.05, 4.69) is 32.9 Å². The summed E-state index contributed by atoms with van der Waals surface area (Å²) in [6, 6.07) is 5.24. The summed E-state index contributed by atoms with van der Waals surface area (Å²) in [6.45, 7) is 7.01. The lowest BCUT2D eigenvalue weighted by atomic mass is 10.1. The van der Waals surface area contributed by atoms with Crippen molar-refractivity contribution in [2.75, 3.05) is 0 Å². The van der Waals surface area contributed by atoms with Crippen molar-refractivity contribution in [1.29, 1.82) is 0 Å². The lowest BCUT2D eigenvalue weighted by Crippen LogP contribution is -2.16. The van der Waals surface area contributed by atoms with Gasteiger partial charge in [-0.15, -0.1) is 0 Å². The topological polar surface area (TPSA) is 22.0 Å². The summed E-state index contributed by atoms with van der Waals surface area (Å²) in [5, 5.41) is 0. The van der Waals surface area contributed by atoms with E-state index in [9.17, 15) is 4.79 Å². The van der Waals surface area contributed by atoms with Gasteiger partial charge in [0.15, 0.2) is 0 Å². The van der Waals surface area contributed by atoms with Crippen LogP contribution in [0.3, 0.4) is 0 Å². The number of rotatable bonds is 5. The predicted molar refractivity (Wildman–Crippen MR) is 73.1 cm³/mol. The van der Waals surface area contributed by atoms with Gasteiger partial charge in [-0.25, -0.2) is 0 Å². The highest BCUT2D eigenvalue weighted by Crippen LogP contribution is 2.06. The summed E-state index contributed by atoms with van der Waals surface area (Å²) >= 11 is 0. The predicted octanol–water partition coefficient (Wildman–Crippen LogP) is 3.54. The number of hydrogen-bond donors (Lipinski definition) is 0. The van der Waals surface area contributed by atoms with Gasteiger partial charge in [0.2, 0.25) is 0 Å². The highest BCUT2D eigenvalue weighted by molar-refractivity contribution is 5.03. The molecule has 92 valence electrons. The number of allylic oxidation sites excluding steroid dienone is 4. The Morgan fingerprint density at radius 1 is 1.24 bits per heavy atom. The van der Waals surface area contributed by atoms with Crippen LogP contribution in [0.5, 0.6) is 0 Å². The van der Waals surface area contributed by atoms with Gasteiger partial charge < -0.3 is 4.57 Å². The minimum absolute atomic E-state index is 0.0563. The van der Waals surface area contributed by atoms with Gasteiger partial charge in [0.1, 0.15) is 0 Å². The van der Waals surface area contributed by atoms with E-state index >= 15 is 0 Å². The Hall–Kier alpha value is -1.57. The molecule has 2 heteroatoms. The summed E-state index contributed by atoms with van der Waals surface area (Å²) in [5.74, 6) is 0. The number of pyridine rings is 1. The molecule has 0 atom stereocenters. The maximum atomic E-state index is 11.5. The molecule has 1 aromatic rings. The molecular formula is C15H21NO. The van der Waals surface area contributed by atoms with Crippen molar-refractivity contribution in [2.24, 2.45) is 0 Å². The third kappa shape index (κ3) is 5.34. The molecular weight excluding hydrogens is 210 g/mol. The Kier molecular flexibility index (Phi) is 5.47. The molecule has 0 saturated carbocycles. The van der Waals surface area contributed by atoms with E-state index in [0.717, 1.165) is 12.8 Å². The quantitative estimate of drug-likeness (QED) is 0.710. The zero-order valence-electron chi connectivity index (χ0n) is 10.9. The zero-order chi connectivity index (χ0) is 12.7. The normalized spacial score (nSPS) is 11.4. The summed E-state index contributed by atoms with van der Waals surface area (Å²) in [5.41, 5.74) is 2.75.